The lowest BCUT2D eigenvalue weighted by atomic mass is 9.81. The first-order chi connectivity index (χ1) is 9.56. The van der Waals surface area contributed by atoms with E-state index in [1.807, 2.05) is 0 Å². The number of nitrogens with one attached hydrogen (secondary N) is 1. The smallest absolute Gasteiger partial charge is 0.254 e. The number of aromatic hydroxyl groups is 1. The minimum Gasteiger partial charge on any atom is -0.508 e. The van der Waals surface area contributed by atoms with Crippen LogP contribution < -0.4 is 5.32 Å². The lowest BCUT2D eigenvalue weighted by Gasteiger charge is -2.26. The quantitative estimate of drug-likeness (QED) is 0.886. The van der Waals surface area contributed by atoms with Crippen LogP contribution in [0.1, 0.15) is 49.4 Å². The molecule has 4 heteroatoms. The first-order valence-corrected chi connectivity index (χ1v) is 7.33. The third-order valence-electron chi connectivity index (χ3n) is 4.08. The Kier molecular flexibility index (Phi) is 4.99. The Labute approximate surface area is 119 Å². The Morgan fingerprint density at radius 1 is 1.45 bits per heavy atom. The molecule has 1 amide bonds. The maximum Gasteiger partial charge on any atom is 0.254 e. The summed E-state index contributed by atoms with van der Waals surface area (Å²) in [6.07, 6.45) is 5.99. The van der Waals surface area contributed by atoms with Crippen molar-refractivity contribution in [2.24, 2.45) is 11.8 Å². The van der Waals surface area contributed by atoms with Crippen molar-refractivity contribution in [3.8, 4) is 5.75 Å². The molecule has 0 aromatic heterocycles. The van der Waals surface area contributed by atoms with Crippen LogP contribution in [-0.4, -0.2) is 17.6 Å². The summed E-state index contributed by atoms with van der Waals surface area (Å²) in [5, 5.41) is 11.9. The highest BCUT2D eigenvalue weighted by Gasteiger charge is 2.19. The molecule has 20 heavy (non-hydrogen) atoms. The largest absolute Gasteiger partial charge is 0.508 e. The Hall–Kier alpha value is -1.58. The van der Waals surface area contributed by atoms with Crippen molar-refractivity contribution in [2.45, 2.75) is 39.0 Å². The van der Waals surface area contributed by atoms with Crippen LogP contribution in [0.4, 0.5) is 4.39 Å². The average Bonchev–Trinajstić information content (AvgIpc) is 2.38. The van der Waals surface area contributed by atoms with E-state index in [1.165, 1.54) is 37.8 Å². The summed E-state index contributed by atoms with van der Waals surface area (Å²) in [4.78, 5) is 11.9. The highest BCUT2D eigenvalue weighted by atomic mass is 19.1. The van der Waals surface area contributed by atoms with E-state index in [-0.39, 0.29) is 11.3 Å². The highest BCUT2D eigenvalue weighted by Crippen LogP contribution is 2.30. The Bertz CT molecular complexity index is 476. The summed E-state index contributed by atoms with van der Waals surface area (Å²) in [5.74, 6) is 0.179. The minimum atomic E-state index is -0.686. The van der Waals surface area contributed by atoms with E-state index >= 15 is 0 Å². The lowest BCUT2D eigenvalue weighted by Crippen LogP contribution is -2.27. The first-order valence-electron chi connectivity index (χ1n) is 7.33. The fourth-order valence-corrected chi connectivity index (χ4v) is 3.00. The number of rotatable bonds is 4. The molecule has 0 saturated heterocycles. The van der Waals surface area contributed by atoms with Gasteiger partial charge in [-0.3, -0.25) is 4.79 Å². The molecule has 2 rings (SSSR count). The summed E-state index contributed by atoms with van der Waals surface area (Å²) in [6, 6.07) is 3.58. The number of benzene rings is 1. The van der Waals surface area contributed by atoms with Crippen molar-refractivity contribution >= 4 is 5.91 Å². The molecule has 2 N–H and O–H groups in total. The molecule has 0 heterocycles. The zero-order chi connectivity index (χ0) is 14.5. The predicted octanol–water partition coefficient (Wildman–Crippen LogP) is 3.48. The Morgan fingerprint density at radius 3 is 2.95 bits per heavy atom. The number of phenols is 1. The molecule has 0 bridgehead atoms. The monoisotopic (exact) mass is 279 g/mol. The zero-order valence-electron chi connectivity index (χ0n) is 11.9. The van der Waals surface area contributed by atoms with Gasteiger partial charge in [0.05, 0.1) is 5.56 Å². The van der Waals surface area contributed by atoms with E-state index in [1.54, 1.807) is 0 Å². The Balaban J connectivity index is 1.80. The number of hydrogen-bond donors (Lipinski definition) is 2. The molecule has 2 unspecified atom stereocenters. The van der Waals surface area contributed by atoms with Gasteiger partial charge in [-0.1, -0.05) is 26.2 Å². The maximum atomic E-state index is 13.5. The topological polar surface area (TPSA) is 49.3 Å². The van der Waals surface area contributed by atoms with Crippen LogP contribution in [0.15, 0.2) is 18.2 Å². The fourth-order valence-electron chi connectivity index (χ4n) is 3.00. The van der Waals surface area contributed by atoms with Crippen LogP contribution in [0.3, 0.4) is 0 Å². The molecule has 1 aliphatic carbocycles. The summed E-state index contributed by atoms with van der Waals surface area (Å²) in [7, 11) is 0. The van der Waals surface area contributed by atoms with Crippen molar-refractivity contribution < 1.29 is 14.3 Å². The van der Waals surface area contributed by atoms with Crippen molar-refractivity contribution in [3.63, 3.8) is 0 Å². The molecular weight excluding hydrogens is 257 g/mol. The third kappa shape index (κ3) is 3.95. The van der Waals surface area contributed by atoms with Gasteiger partial charge in [0.15, 0.2) is 0 Å². The van der Waals surface area contributed by atoms with Gasteiger partial charge in [-0.15, -0.1) is 0 Å². The molecule has 1 aliphatic rings. The van der Waals surface area contributed by atoms with E-state index in [2.05, 4.69) is 12.2 Å². The van der Waals surface area contributed by atoms with Crippen LogP contribution in [0, 0.1) is 17.7 Å². The second kappa shape index (κ2) is 6.73. The van der Waals surface area contributed by atoms with Gasteiger partial charge in [-0.05, 0) is 36.8 Å². The molecule has 1 saturated carbocycles. The standard InChI is InChI=1S/C16H22FNO2/c1-11-3-2-4-12(9-11)7-8-18-16(20)14-6-5-13(19)10-15(14)17/h5-6,10-12,19H,2-4,7-9H2,1H3,(H,18,20). The van der Waals surface area contributed by atoms with Gasteiger partial charge in [0.25, 0.3) is 5.91 Å². The summed E-state index contributed by atoms with van der Waals surface area (Å²) in [6.45, 7) is 2.85. The summed E-state index contributed by atoms with van der Waals surface area (Å²) in [5.41, 5.74) is -0.0141. The number of hydrogen-bond acceptors (Lipinski definition) is 2. The minimum absolute atomic E-state index is 0.0141. The molecule has 2 atom stereocenters. The number of amides is 1. The molecule has 0 spiro atoms. The molecular formula is C16H22FNO2. The lowest BCUT2D eigenvalue weighted by molar-refractivity contribution is 0.0945. The number of halogens is 1. The molecule has 1 fully saturated rings. The Morgan fingerprint density at radius 2 is 2.25 bits per heavy atom. The van der Waals surface area contributed by atoms with Crippen LogP contribution in [0.2, 0.25) is 0 Å². The number of carbonyl (C=O) groups is 1. The van der Waals surface area contributed by atoms with E-state index in [0.29, 0.717) is 12.5 Å². The van der Waals surface area contributed by atoms with Crippen molar-refractivity contribution in [1.29, 1.82) is 0 Å². The highest BCUT2D eigenvalue weighted by molar-refractivity contribution is 5.94. The average molecular weight is 279 g/mol. The first kappa shape index (κ1) is 14.8. The van der Waals surface area contributed by atoms with Crippen molar-refractivity contribution in [3.05, 3.63) is 29.6 Å². The van der Waals surface area contributed by atoms with Crippen molar-refractivity contribution in [2.75, 3.05) is 6.54 Å². The third-order valence-corrected chi connectivity index (χ3v) is 4.08. The van der Waals surface area contributed by atoms with E-state index in [4.69, 9.17) is 5.11 Å². The predicted molar refractivity (Wildman–Crippen MR) is 76.1 cm³/mol. The molecule has 1 aromatic rings. The van der Waals surface area contributed by atoms with E-state index in [9.17, 15) is 9.18 Å². The summed E-state index contributed by atoms with van der Waals surface area (Å²) >= 11 is 0. The second-order valence-electron chi connectivity index (χ2n) is 5.85. The molecule has 3 nitrogen and oxygen atoms in total. The maximum absolute atomic E-state index is 13.5. The van der Waals surface area contributed by atoms with Gasteiger partial charge < -0.3 is 10.4 Å². The molecule has 0 aliphatic heterocycles. The van der Waals surface area contributed by atoms with Crippen LogP contribution >= 0.6 is 0 Å². The number of carbonyl (C=O) groups excluding carboxylic acids is 1. The molecule has 1 aromatic carbocycles. The zero-order valence-corrected chi connectivity index (χ0v) is 11.9. The van der Waals surface area contributed by atoms with Gasteiger partial charge in [-0.25, -0.2) is 4.39 Å². The van der Waals surface area contributed by atoms with Gasteiger partial charge in [0, 0.05) is 12.6 Å². The van der Waals surface area contributed by atoms with Gasteiger partial charge in [-0.2, -0.15) is 0 Å². The fraction of sp³-hybridized carbons (Fsp3) is 0.562. The number of phenolic OH excluding ortho intramolecular Hbond substituents is 1. The van der Waals surface area contributed by atoms with E-state index in [0.717, 1.165) is 18.4 Å². The van der Waals surface area contributed by atoms with Crippen LogP contribution in [-0.2, 0) is 0 Å². The van der Waals surface area contributed by atoms with Gasteiger partial charge in [0.2, 0.25) is 0 Å². The summed E-state index contributed by atoms with van der Waals surface area (Å²) < 4.78 is 13.5. The van der Waals surface area contributed by atoms with Gasteiger partial charge >= 0.3 is 0 Å². The van der Waals surface area contributed by atoms with Crippen LogP contribution in [0.25, 0.3) is 0 Å². The second-order valence-corrected chi connectivity index (χ2v) is 5.85. The van der Waals surface area contributed by atoms with Crippen molar-refractivity contribution in [1.82, 2.24) is 5.32 Å². The molecule has 110 valence electrons. The van der Waals surface area contributed by atoms with Crippen LogP contribution in [0.5, 0.6) is 5.75 Å². The molecule has 0 radical (unpaired) electrons. The SMILES string of the molecule is CC1CCCC(CCNC(=O)c2ccc(O)cc2F)C1. The van der Waals surface area contributed by atoms with E-state index < -0.39 is 11.7 Å². The van der Waals surface area contributed by atoms with Gasteiger partial charge in [0.1, 0.15) is 11.6 Å². The normalized spacial score (nSPS) is 22.5.